The molecule has 6 unspecified atom stereocenters. The molecule has 94 valence electrons. The molecule has 0 aromatic rings. The molecule has 6 atom stereocenters. The number of hydrogen-bond acceptors (Lipinski definition) is 3. The molecule has 3 heteroatoms. The van der Waals surface area contributed by atoms with Crippen LogP contribution in [0.25, 0.3) is 0 Å². The van der Waals surface area contributed by atoms with Crippen LogP contribution in [-0.4, -0.2) is 30.2 Å². The van der Waals surface area contributed by atoms with Crippen LogP contribution in [0.4, 0.5) is 0 Å². The van der Waals surface area contributed by atoms with Crippen molar-refractivity contribution in [1.29, 1.82) is 0 Å². The molecule has 4 rings (SSSR count). The molecule has 2 heterocycles. The van der Waals surface area contributed by atoms with E-state index >= 15 is 0 Å². The van der Waals surface area contributed by atoms with E-state index < -0.39 is 0 Å². The minimum Gasteiger partial charge on any atom is -0.370 e. The van der Waals surface area contributed by atoms with Gasteiger partial charge in [-0.05, 0) is 51.4 Å². The summed E-state index contributed by atoms with van der Waals surface area (Å²) in [6.07, 6.45) is 8.46. The first kappa shape index (κ1) is 10.5. The van der Waals surface area contributed by atoms with Crippen LogP contribution >= 0.6 is 0 Å². The molecular weight excluding hydrogens is 216 g/mol. The number of carbonyl (C=O) groups excluding carboxylic acids is 1. The fourth-order valence-corrected chi connectivity index (χ4v) is 4.36. The van der Waals surface area contributed by atoms with Crippen LogP contribution in [0.3, 0.4) is 0 Å². The summed E-state index contributed by atoms with van der Waals surface area (Å²) in [5.41, 5.74) is -0.0748. The van der Waals surface area contributed by atoms with Crippen LogP contribution < -0.4 is 0 Å². The molecule has 2 saturated carbocycles. The second kappa shape index (κ2) is 3.33. The zero-order valence-corrected chi connectivity index (χ0v) is 10.4. The van der Waals surface area contributed by atoms with Gasteiger partial charge in [0.1, 0.15) is 5.78 Å². The number of ketones is 1. The van der Waals surface area contributed by atoms with Gasteiger partial charge >= 0.3 is 0 Å². The third kappa shape index (κ3) is 1.52. The summed E-state index contributed by atoms with van der Waals surface area (Å²) >= 11 is 0. The topological polar surface area (TPSA) is 42.1 Å². The van der Waals surface area contributed by atoms with Crippen LogP contribution in [0.1, 0.15) is 45.4 Å². The van der Waals surface area contributed by atoms with E-state index in [9.17, 15) is 4.79 Å². The molecule has 0 bridgehead atoms. The minimum atomic E-state index is -0.0748. The van der Waals surface area contributed by atoms with Crippen LogP contribution in [0.2, 0.25) is 0 Å². The summed E-state index contributed by atoms with van der Waals surface area (Å²) < 4.78 is 11.2. The maximum atomic E-state index is 12.2. The summed E-state index contributed by atoms with van der Waals surface area (Å²) in [6.45, 7) is 1.79. The van der Waals surface area contributed by atoms with Gasteiger partial charge in [-0.2, -0.15) is 0 Å². The van der Waals surface area contributed by atoms with Gasteiger partial charge in [0.05, 0.1) is 24.4 Å². The molecule has 0 aromatic carbocycles. The van der Waals surface area contributed by atoms with Crippen LogP contribution in [0.5, 0.6) is 0 Å². The van der Waals surface area contributed by atoms with E-state index in [0.29, 0.717) is 36.1 Å². The highest BCUT2D eigenvalue weighted by Crippen LogP contribution is 2.56. The normalized spacial score (nSPS) is 55.7. The van der Waals surface area contributed by atoms with Gasteiger partial charge in [-0.1, -0.05) is 0 Å². The number of carbonyl (C=O) groups is 1. The lowest BCUT2D eigenvalue weighted by Gasteiger charge is -2.41. The first-order valence-corrected chi connectivity index (χ1v) is 7.01. The van der Waals surface area contributed by atoms with Crippen molar-refractivity contribution in [2.24, 2.45) is 11.3 Å². The molecule has 2 aliphatic heterocycles. The van der Waals surface area contributed by atoms with E-state index in [1.54, 1.807) is 6.92 Å². The highest BCUT2D eigenvalue weighted by molar-refractivity contribution is 5.83. The Hall–Kier alpha value is -0.410. The van der Waals surface area contributed by atoms with Gasteiger partial charge in [0.2, 0.25) is 0 Å². The maximum Gasteiger partial charge on any atom is 0.136 e. The van der Waals surface area contributed by atoms with Crippen LogP contribution in [0.15, 0.2) is 0 Å². The third-order valence-electron chi connectivity index (χ3n) is 5.61. The number of epoxide rings is 2. The average molecular weight is 236 g/mol. The molecule has 3 nitrogen and oxygen atoms in total. The smallest absolute Gasteiger partial charge is 0.136 e. The van der Waals surface area contributed by atoms with Gasteiger partial charge < -0.3 is 9.47 Å². The van der Waals surface area contributed by atoms with E-state index in [4.69, 9.17) is 9.47 Å². The quantitative estimate of drug-likeness (QED) is 0.689. The summed E-state index contributed by atoms with van der Waals surface area (Å²) in [5.74, 6) is 0.949. The Labute approximate surface area is 102 Å². The first-order chi connectivity index (χ1) is 8.19. The van der Waals surface area contributed by atoms with Crippen molar-refractivity contribution in [3.05, 3.63) is 0 Å². The summed E-state index contributed by atoms with van der Waals surface area (Å²) in [5, 5.41) is 0. The zero-order chi connectivity index (χ0) is 11.6. The number of rotatable bonds is 2. The highest BCUT2D eigenvalue weighted by atomic mass is 16.6. The lowest BCUT2D eigenvalue weighted by Crippen LogP contribution is -2.43. The third-order valence-corrected chi connectivity index (χ3v) is 5.61. The molecule has 0 spiro atoms. The Kier molecular flexibility index (Phi) is 2.06. The van der Waals surface area contributed by atoms with Crippen LogP contribution in [-0.2, 0) is 14.3 Å². The standard InChI is InChI=1S/C14H20O3/c1-8(15)14(5-4-11-13(7-14)17-11)9-2-3-10-12(6-9)16-10/h9-13H,2-7H2,1H3. The predicted molar refractivity (Wildman–Crippen MR) is 61.6 cm³/mol. The lowest BCUT2D eigenvalue weighted by molar-refractivity contribution is -0.132. The Morgan fingerprint density at radius 1 is 1.06 bits per heavy atom. The van der Waals surface area contributed by atoms with Gasteiger partial charge in [0.25, 0.3) is 0 Å². The van der Waals surface area contributed by atoms with Crippen molar-refractivity contribution in [2.45, 2.75) is 69.9 Å². The van der Waals surface area contributed by atoms with Crippen molar-refractivity contribution in [1.82, 2.24) is 0 Å². The first-order valence-electron chi connectivity index (χ1n) is 7.01. The Bertz CT molecular complexity index is 366. The molecule has 2 saturated heterocycles. The maximum absolute atomic E-state index is 12.2. The molecule has 4 fully saturated rings. The van der Waals surface area contributed by atoms with Crippen molar-refractivity contribution >= 4 is 5.78 Å². The number of fused-ring (bicyclic) bond motifs is 2. The van der Waals surface area contributed by atoms with Crippen molar-refractivity contribution in [3.63, 3.8) is 0 Å². The molecule has 0 aromatic heterocycles. The van der Waals surface area contributed by atoms with Crippen molar-refractivity contribution < 1.29 is 14.3 Å². The Balaban J connectivity index is 1.58. The average Bonchev–Trinajstić information content (AvgIpc) is 3.21. The molecule has 2 aliphatic carbocycles. The summed E-state index contributed by atoms with van der Waals surface area (Å²) in [4.78, 5) is 12.2. The van der Waals surface area contributed by atoms with E-state index in [1.807, 2.05) is 0 Å². The van der Waals surface area contributed by atoms with Crippen molar-refractivity contribution in [3.8, 4) is 0 Å². The van der Waals surface area contributed by atoms with Crippen molar-refractivity contribution in [2.75, 3.05) is 0 Å². The molecule has 0 amide bonds. The second-order valence-corrected chi connectivity index (χ2v) is 6.39. The highest BCUT2D eigenvalue weighted by Gasteiger charge is 2.58. The van der Waals surface area contributed by atoms with E-state index in [1.165, 1.54) is 12.8 Å². The monoisotopic (exact) mass is 236 g/mol. The molecule has 17 heavy (non-hydrogen) atoms. The SMILES string of the molecule is CC(=O)C1(C2CCC3OC3C2)CCC2OC2C1. The largest absolute Gasteiger partial charge is 0.370 e. The fraction of sp³-hybridized carbons (Fsp3) is 0.929. The molecular formula is C14H20O3. The van der Waals surface area contributed by atoms with Gasteiger partial charge in [-0.25, -0.2) is 0 Å². The van der Waals surface area contributed by atoms with Gasteiger partial charge in [-0.3, -0.25) is 4.79 Å². The molecule has 0 radical (unpaired) electrons. The Morgan fingerprint density at radius 3 is 2.53 bits per heavy atom. The summed E-state index contributed by atoms with van der Waals surface area (Å²) in [7, 11) is 0. The Morgan fingerprint density at radius 2 is 1.82 bits per heavy atom. The van der Waals surface area contributed by atoms with E-state index in [2.05, 4.69) is 0 Å². The number of hydrogen-bond donors (Lipinski definition) is 0. The molecule has 4 aliphatic rings. The van der Waals surface area contributed by atoms with Gasteiger partial charge in [0, 0.05) is 5.41 Å². The van der Waals surface area contributed by atoms with Gasteiger partial charge in [-0.15, -0.1) is 0 Å². The minimum absolute atomic E-state index is 0.0748. The zero-order valence-electron chi connectivity index (χ0n) is 10.4. The second-order valence-electron chi connectivity index (χ2n) is 6.39. The molecule has 0 N–H and O–H groups in total. The van der Waals surface area contributed by atoms with Gasteiger partial charge in [0.15, 0.2) is 0 Å². The van der Waals surface area contributed by atoms with Crippen LogP contribution in [0, 0.1) is 11.3 Å². The number of Topliss-reactive ketones (excluding diaryl/α,β-unsaturated/α-hetero) is 1. The fourth-order valence-electron chi connectivity index (χ4n) is 4.36. The van der Waals surface area contributed by atoms with E-state index in [-0.39, 0.29) is 5.41 Å². The predicted octanol–water partition coefficient (Wildman–Crippen LogP) is 2.08. The lowest BCUT2D eigenvalue weighted by atomic mass is 9.60. The number of ether oxygens (including phenoxy) is 2. The summed E-state index contributed by atoms with van der Waals surface area (Å²) in [6, 6.07) is 0. The van der Waals surface area contributed by atoms with E-state index in [0.717, 1.165) is 25.7 Å².